The molecular formula is C23H31N5O7. The minimum absolute atomic E-state index is 0.195. The number of primary amides is 1. The van der Waals surface area contributed by atoms with Crippen molar-refractivity contribution in [1.29, 1.82) is 0 Å². The predicted molar refractivity (Wildman–Crippen MR) is 126 cm³/mol. The van der Waals surface area contributed by atoms with Crippen LogP contribution in [0.4, 0.5) is 0 Å². The number of amides is 5. The molecule has 0 saturated heterocycles. The van der Waals surface area contributed by atoms with Crippen LogP contribution in [-0.2, 0) is 19.2 Å². The van der Waals surface area contributed by atoms with Crippen LogP contribution in [0.5, 0.6) is 0 Å². The van der Waals surface area contributed by atoms with Gasteiger partial charge in [-0.05, 0) is 38.3 Å². The van der Waals surface area contributed by atoms with Crippen LogP contribution in [0, 0.1) is 0 Å². The quantitative estimate of drug-likeness (QED) is 0.200. The molecule has 35 heavy (non-hydrogen) atoms. The average Bonchev–Trinajstić information content (AvgIpc) is 3.25. The second kappa shape index (κ2) is 13.1. The smallest absolute Gasteiger partial charge is 0.287 e. The van der Waals surface area contributed by atoms with Crippen molar-refractivity contribution in [3.05, 3.63) is 36.1 Å². The van der Waals surface area contributed by atoms with E-state index in [0.717, 1.165) is 5.39 Å². The fourth-order valence-corrected chi connectivity index (χ4v) is 3.22. The number of rotatable bonds is 13. The summed E-state index contributed by atoms with van der Waals surface area (Å²) < 4.78 is 5.51. The van der Waals surface area contributed by atoms with Crippen LogP contribution < -0.4 is 27.0 Å². The largest absolute Gasteiger partial charge is 0.451 e. The van der Waals surface area contributed by atoms with Crippen molar-refractivity contribution in [3.8, 4) is 0 Å². The van der Waals surface area contributed by atoms with E-state index in [4.69, 9.17) is 10.2 Å². The summed E-state index contributed by atoms with van der Waals surface area (Å²) in [5.74, 6) is -2.85. The average molecular weight is 490 g/mol. The molecule has 1 heterocycles. The van der Waals surface area contributed by atoms with E-state index in [0.29, 0.717) is 25.0 Å². The molecule has 190 valence electrons. The number of nitrogens with two attached hydrogens (primary N) is 1. The molecule has 5 amide bonds. The van der Waals surface area contributed by atoms with Crippen molar-refractivity contribution in [2.45, 2.75) is 51.2 Å². The van der Waals surface area contributed by atoms with Crippen molar-refractivity contribution < 1.29 is 33.5 Å². The number of unbranched alkanes of at least 4 members (excludes halogenated alkanes) is 1. The van der Waals surface area contributed by atoms with Crippen molar-refractivity contribution in [2.75, 3.05) is 13.2 Å². The third kappa shape index (κ3) is 8.41. The van der Waals surface area contributed by atoms with E-state index < -0.39 is 48.4 Å². The second-order valence-corrected chi connectivity index (χ2v) is 8.03. The number of para-hydroxylation sites is 1. The Bertz CT molecular complexity index is 1030. The summed E-state index contributed by atoms with van der Waals surface area (Å²) in [5, 5.41) is 20.2. The molecule has 0 unspecified atom stereocenters. The number of hydrogen-bond donors (Lipinski definition) is 6. The molecule has 0 spiro atoms. The summed E-state index contributed by atoms with van der Waals surface area (Å²) in [4.78, 5) is 59.7. The molecule has 1 aromatic carbocycles. The fourth-order valence-electron chi connectivity index (χ4n) is 3.22. The topological polar surface area (TPSA) is 193 Å². The van der Waals surface area contributed by atoms with Gasteiger partial charge in [-0.2, -0.15) is 0 Å². The van der Waals surface area contributed by atoms with Gasteiger partial charge in [0.25, 0.3) is 5.91 Å². The Balaban J connectivity index is 1.83. The summed E-state index contributed by atoms with van der Waals surface area (Å²) in [7, 11) is 0. The van der Waals surface area contributed by atoms with Gasteiger partial charge in [0.15, 0.2) is 5.76 Å². The molecule has 3 atom stereocenters. The molecule has 7 N–H and O–H groups in total. The van der Waals surface area contributed by atoms with E-state index >= 15 is 0 Å². The highest BCUT2D eigenvalue weighted by Gasteiger charge is 2.27. The normalized spacial score (nSPS) is 13.3. The number of nitrogens with one attached hydrogen (secondary N) is 4. The van der Waals surface area contributed by atoms with Crippen LogP contribution in [0.2, 0.25) is 0 Å². The van der Waals surface area contributed by atoms with E-state index in [1.807, 2.05) is 18.2 Å². The maximum Gasteiger partial charge on any atom is 0.287 e. The van der Waals surface area contributed by atoms with Gasteiger partial charge >= 0.3 is 0 Å². The van der Waals surface area contributed by atoms with Crippen LogP contribution in [0.1, 0.15) is 43.7 Å². The summed E-state index contributed by atoms with van der Waals surface area (Å²) in [6.07, 6.45) is 1.20. The molecule has 1 aromatic heterocycles. The van der Waals surface area contributed by atoms with Gasteiger partial charge in [-0.3, -0.25) is 24.0 Å². The number of fused-ring (bicyclic) bond motifs is 1. The minimum Gasteiger partial charge on any atom is -0.451 e. The van der Waals surface area contributed by atoms with Gasteiger partial charge in [0.05, 0.1) is 6.61 Å². The van der Waals surface area contributed by atoms with Gasteiger partial charge in [-0.25, -0.2) is 0 Å². The van der Waals surface area contributed by atoms with Gasteiger partial charge < -0.3 is 36.5 Å². The molecule has 0 bridgehead atoms. The third-order valence-electron chi connectivity index (χ3n) is 5.15. The lowest BCUT2D eigenvalue weighted by atomic mass is 10.1. The fraction of sp³-hybridized carbons (Fsp3) is 0.435. The number of hydrogen-bond acceptors (Lipinski definition) is 7. The zero-order chi connectivity index (χ0) is 26.0. The minimum atomic E-state index is -1.33. The monoisotopic (exact) mass is 489 g/mol. The van der Waals surface area contributed by atoms with Crippen molar-refractivity contribution in [2.24, 2.45) is 5.73 Å². The van der Waals surface area contributed by atoms with E-state index in [1.165, 1.54) is 13.8 Å². The van der Waals surface area contributed by atoms with Crippen LogP contribution >= 0.6 is 0 Å². The van der Waals surface area contributed by atoms with Crippen molar-refractivity contribution in [1.82, 2.24) is 21.3 Å². The van der Waals surface area contributed by atoms with E-state index in [-0.39, 0.29) is 18.1 Å². The molecular weight excluding hydrogens is 458 g/mol. The Morgan fingerprint density at radius 1 is 1.00 bits per heavy atom. The lowest BCUT2D eigenvalue weighted by Crippen LogP contribution is -2.57. The Labute approximate surface area is 202 Å². The first-order chi connectivity index (χ1) is 16.6. The van der Waals surface area contributed by atoms with Crippen molar-refractivity contribution >= 4 is 40.5 Å². The van der Waals surface area contributed by atoms with Crippen LogP contribution in [0.15, 0.2) is 34.7 Å². The second-order valence-electron chi connectivity index (χ2n) is 8.03. The molecule has 12 heteroatoms. The summed E-state index contributed by atoms with van der Waals surface area (Å²) in [5.41, 5.74) is 5.71. The summed E-state index contributed by atoms with van der Waals surface area (Å²) >= 11 is 0. The first kappa shape index (κ1) is 27.3. The molecule has 0 aliphatic carbocycles. The van der Waals surface area contributed by atoms with Gasteiger partial charge in [-0.1, -0.05) is 18.2 Å². The van der Waals surface area contributed by atoms with Gasteiger partial charge in [0.1, 0.15) is 23.7 Å². The van der Waals surface area contributed by atoms with Crippen molar-refractivity contribution in [3.63, 3.8) is 0 Å². The Morgan fingerprint density at radius 3 is 2.31 bits per heavy atom. The predicted octanol–water partition coefficient (Wildman–Crippen LogP) is -0.695. The van der Waals surface area contributed by atoms with Gasteiger partial charge in [-0.15, -0.1) is 0 Å². The van der Waals surface area contributed by atoms with Crippen LogP contribution in [-0.4, -0.2) is 65.9 Å². The lowest BCUT2D eigenvalue weighted by Gasteiger charge is -2.22. The molecule has 0 radical (unpaired) electrons. The first-order valence-corrected chi connectivity index (χ1v) is 11.2. The standard InChI is InChI=1S/C23H31N5O7/c1-13(20(24)31)26-22(33)17(12-29)28-21(32)16(27-14(2)30)8-5-6-10-25-23(34)19-11-15-7-3-4-9-18(15)35-19/h3-4,7,9,11,13,16-17,29H,5-6,8,10,12H2,1-2H3,(H2,24,31)(H,25,34)(H,26,33)(H,27,30)(H,28,32)/t13-,16-,17-/m0/s1. The summed E-state index contributed by atoms with van der Waals surface area (Å²) in [6.45, 7) is 2.21. The molecule has 0 aliphatic rings. The first-order valence-electron chi connectivity index (χ1n) is 11.2. The number of benzene rings is 1. The zero-order valence-corrected chi connectivity index (χ0v) is 19.6. The van der Waals surface area contributed by atoms with E-state index in [9.17, 15) is 29.1 Å². The molecule has 0 aliphatic heterocycles. The Morgan fingerprint density at radius 2 is 1.69 bits per heavy atom. The molecule has 2 aromatic rings. The van der Waals surface area contributed by atoms with Gasteiger partial charge in [0.2, 0.25) is 23.6 Å². The Kier molecular flexibility index (Phi) is 10.2. The zero-order valence-electron chi connectivity index (χ0n) is 19.6. The lowest BCUT2D eigenvalue weighted by molar-refractivity contribution is -0.133. The highest BCUT2D eigenvalue weighted by Crippen LogP contribution is 2.18. The van der Waals surface area contributed by atoms with Crippen LogP contribution in [0.25, 0.3) is 11.0 Å². The van der Waals surface area contributed by atoms with E-state index in [1.54, 1.807) is 12.1 Å². The van der Waals surface area contributed by atoms with Crippen LogP contribution in [0.3, 0.4) is 0 Å². The maximum absolute atomic E-state index is 12.6. The molecule has 12 nitrogen and oxygen atoms in total. The summed E-state index contributed by atoms with van der Waals surface area (Å²) in [6, 6.07) is 5.63. The highest BCUT2D eigenvalue weighted by molar-refractivity contribution is 5.96. The maximum atomic E-state index is 12.6. The number of carbonyl (C=O) groups is 5. The highest BCUT2D eigenvalue weighted by atomic mass is 16.3. The number of aliphatic hydroxyl groups excluding tert-OH is 1. The van der Waals surface area contributed by atoms with Gasteiger partial charge in [0, 0.05) is 18.9 Å². The van der Waals surface area contributed by atoms with E-state index in [2.05, 4.69) is 21.3 Å². The third-order valence-corrected chi connectivity index (χ3v) is 5.15. The number of furan rings is 1. The molecule has 0 saturated carbocycles. The number of carbonyl (C=O) groups excluding carboxylic acids is 5. The SMILES string of the molecule is CC(=O)N[C@@H](CCCCNC(=O)c1cc2ccccc2o1)C(=O)N[C@@H](CO)C(=O)N[C@@H](C)C(N)=O. The molecule has 0 fully saturated rings. The Hall–Kier alpha value is -3.93. The molecule has 2 rings (SSSR count). The number of aliphatic hydroxyl groups is 1.